The van der Waals surface area contributed by atoms with Crippen LogP contribution in [0.1, 0.15) is 19.8 Å². The third kappa shape index (κ3) is 4.67. The maximum absolute atomic E-state index is 12.0. The topological polar surface area (TPSA) is 12.0 Å². The second-order valence-electron chi connectivity index (χ2n) is 2.46. The highest BCUT2D eigenvalue weighted by atomic mass is 35.5. The predicted octanol–water partition coefficient (Wildman–Crippen LogP) is 1.52. The van der Waals surface area contributed by atoms with Crippen LogP contribution in [0.3, 0.4) is 0 Å². The van der Waals surface area contributed by atoms with E-state index in [4.69, 9.17) is 0 Å². The lowest BCUT2D eigenvalue weighted by Crippen LogP contribution is -2.23. The Balaban J connectivity index is 0.000000640. The van der Waals surface area contributed by atoms with Crippen molar-refractivity contribution in [3.05, 3.63) is 0 Å². The summed E-state index contributed by atoms with van der Waals surface area (Å²) in [6, 6.07) is 0.646. The molecule has 1 rings (SSSR count). The smallest absolute Gasteiger partial charge is 0.110 e. The quantitative estimate of drug-likeness (QED) is 0.649. The Labute approximate surface area is 61.4 Å². The third-order valence-electron chi connectivity index (χ3n) is 1.27. The monoisotopic (exact) mass is 153 g/mol. The molecule has 0 aromatic carbocycles. The summed E-state index contributed by atoms with van der Waals surface area (Å²) in [5.41, 5.74) is 0. The lowest BCUT2D eigenvalue weighted by atomic mass is 10.4. The largest absolute Gasteiger partial charge is 0.311 e. The Hall–Kier alpha value is 0.180. The molecular weight excluding hydrogens is 141 g/mol. The summed E-state index contributed by atoms with van der Waals surface area (Å²) in [5, 5.41) is 3.08. The molecule has 1 saturated carbocycles. The molecule has 0 aliphatic heterocycles. The van der Waals surface area contributed by atoms with Gasteiger partial charge < -0.3 is 5.32 Å². The molecule has 1 atom stereocenters. The second kappa shape index (κ2) is 4.07. The zero-order chi connectivity index (χ0) is 5.98. The van der Waals surface area contributed by atoms with Crippen molar-refractivity contribution in [2.75, 3.05) is 6.54 Å². The molecule has 3 heteroatoms. The van der Waals surface area contributed by atoms with E-state index in [9.17, 15) is 4.39 Å². The molecule has 1 aliphatic rings. The van der Waals surface area contributed by atoms with Crippen LogP contribution in [0.25, 0.3) is 0 Å². The van der Waals surface area contributed by atoms with E-state index in [1.165, 1.54) is 12.8 Å². The summed E-state index contributed by atoms with van der Waals surface area (Å²) in [4.78, 5) is 0. The van der Waals surface area contributed by atoms with E-state index in [1.54, 1.807) is 6.92 Å². The highest BCUT2D eigenvalue weighted by molar-refractivity contribution is 5.85. The molecule has 0 heterocycles. The lowest BCUT2D eigenvalue weighted by Gasteiger charge is -2.00. The van der Waals surface area contributed by atoms with Crippen LogP contribution in [0.15, 0.2) is 0 Å². The average molecular weight is 154 g/mol. The number of rotatable bonds is 3. The number of hydrogen-bond donors (Lipinski definition) is 1. The lowest BCUT2D eigenvalue weighted by molar-refractivity contribution is 0.344. The van der Waals surface area contributed by atoms with Crippen molar-refractivity contribution in [2.45, 2.75) is 32.0 Å². The number of nitrogens with one attached hydrogen (secondary N) is 1. The average Bonchev–Trinajstić information content (AvgIpc) is 2.41. The minimum atomic E-state index is -0.685. The van der Waals surface area contributed by atoms with Gasteiger partial charge in [0.2, 0.25) is 0 Å². The maximum atomic E-state index is 12.0. The van der Waals surface area contributed by atoms with Crippen LogP contribution >= 0.6 is 12.4 Å². The van der Waals surface area contributed by atoms with Crippen LogP contribution < -0.4 is 5.32 Å². The van der Waals surface area contributed by atoms with E-state index in [-0.39, 0.29) is 12.4 Å². The van der Waals surface area contributed by atoms with E-state index in [1.807, 2.05) is 0 Å². The van der Waals surface area contributed by atoms with Crippen molar-refractivity contribution >= 4 is 12.4 Å². The number of alkyl halides is 1. The van der Waals surface area contributed by atoms with E-state index in [0.717, 1.165) is 0 Å². The minimum Gasteiger partial charge on any atom is -0.311 e. The van der Waals surface area contributed by atoms with Crippen LogP contribution in [0.5, 0.6) is 0 Å². The van der Waals surface area contributed by atoms with E-state index in [0.29, 0.717) is 12.6 Å². The number of hydrogen-bond acceptors (Lipinski definition) is 1. The third-order valence-corrected chi connectivity index (χ3v) is 1.27. The molecule has 9 heavy (non-hydrogen) atoms. The molecule has 0 radical (unpaired) electrons. The van der Waals surface area contributed by atoms with Gasteiger partial charge in [0.25, 0.3) is 0 Å². The first-order valence-corrected chi connectivity index (χ1v) is 3.16. The Kier molecular flexibility index (Phi) is 4.15. The molecule has 56 valence electrons. The van der Waals surface area contributed by atoms with E-state index >= 15 is 0 Å². The summed E-state index contributed by atoms with van der Waals surface area (Å²) in [7, 11) is 0. The summed E-state index contributed by atoms with van der Waals surface area (Å²) in [5.74, 6) is 0. The first kappa shape index (κ1) is 9.18. The summed E-state index contributed by atoms with van der Waals surface area (Å²) < 4.78 is 12.0. The van der Waals surface area contributed by atoms with E-state index in [2.05, 4.69) is 5.32 Å². The van der Waals surface area contributed by atoms with Crippen LogP contribution in [0, 0.1) is 0 Å². The van der Waals surface area contributed by atoms with Crippen LogP contribution in [-0.2, 0) is 0 Å². The fraction of sp³-hybridized carbons (Fsp3) is 1.00. The molecule has 0 spiro atoms. The standard InChI is InChI=1S/C6H12FN.ClH/c1-5(7)4-8-6-2-3-6;/h5-6,8H,2-4H2,1H3;1H. The zero-order valence-corrected chi connectivity index (χ0v) is 6.38. The fourth-order valence-electron chi connectivity index (χ4n) is 0.617. The molecule has 1 aliphatic carbocycles. The molecular formula is C6H13ClFN. The summed E-state index contributed by atoms with van der Waals surface area (Å²) in [6.45, 7) is 2.11. The van der Waals surface area contributed by atoms with Gasteiger partial charge in [-0.05, 0) is 19.8 Å². The Morgan fingerprint density at radius 1 is 1.67 bits per heavy atom. The summed E-state index contributed by atoms with van der Waals surface area (Å²) in [6.07, 6.45) is 1.80. The minimum absolute atomic E-state index is 0. The molecule has 1 fully saturated rings. The molecule has 0 amide bonds. The van der Waals surface area contributed by atoms with Gasteiger partial charge in [0, 0.05) is 12.6 Å². The molecule has 0 aromatic heterocycles. The Bertz CT molecular complexity index is 71.5. The van der Waals surface area contributed by atoms with Crippen molar-refractivity contribution in [1.29, 1.82) is 0 Å². The number of halogens is 2. The highest BCUT2D eigenvalue weighted by Gasteiger charge is 2.20. The van der Waals surface area contributed by atoms with Crippen molar-refractivity contribution in [2.24, 2.45) is 0 Å². The normalized spacial score (nSPS) is 20.7. The van der Waals surface area contributed by atoms with Crippen molar-refractivity contribution < 1.29 is 4.39 Å². The maximum Gasteiger partial charge on any atom is 0.110 e. The van der Waals surface area contributed by atoms with Crippen LogP contribution in [0.4, 0.5) is 4.39 Å². The Morgan fingerprint density at radius 3 is 2.56 bits per heavy atom. The SMILES string of the molecule is CC(F)CNC1CC1.Cl. The molecule has 0 bridgehead atoms. The van der Waals surface area contributed by atoms with E-state index < -0.39 is 6.17 Å². The molecule has 0 aromatic rings. The zero-order valence-electron chi connectivity index (χ0n) is 5.56. The van der Waals surface area contributed by atoms with Crippen molar-refractivity contribution in [3.8, 4) is 0 Å². The Morgan fingerprint density at radius 2 is 2.22 bits per heavy atom. The summed E-state index contributed by atoms with van der Waals surface area (Å²) >= 11 is 0. The molecule has 1 unspecified atom stereocenters. The van der Waals surface area contributed by atoms with Gasteiger partial charge in [-0.15, -0.1) is 12.4 Å². The molecule has 1 N–H and O–H groups in total. The van der Waals surface area contributed by atoms with Gasteiger partial charge >= 0.3 is 0 Å². The van der Waals surface area contributed by atoms with Crippen LogP contribution in [0.2, 0.25) is 0 Å². The molecule has 0 saturated heterocycles. The van der Waals surface area contributed by atoms with Crippen LogP contribution in [-0.4, -0.2) is 18.8 Å². The van der Waals surface area contributed by atoms with Gasteiger partial charge in [-0.25, -0.2) is 4.39 Å². The van der Waals surface area contributed by atoms with Gasteiger partial charge in [0.1, 0.15) is 6.17 Å². The molecule has 1 nitrogen and oxygen atoms in total. The highest BCUT2D eigenvalue weighted by Crippen LogP contribution is 2.18. The van der Waals surface area contributed by atoms with Gasteiger partial charge in [-0.3, -0.25) is 0 Å². The first-order valence-electron chi connectivity index (χ1n) is 3.16. The predicted molar refractivity (Wildman–Crippen MR) is 38.8 cm³/mol. The van der Waals surface area contributed by atoms with Gasteiger partial charge in [-0.1, -0.05) is 0 Å². The van der Waals surface area contributed by atoms with Crippen molar-refractivity contribution in [1.82, 2.24) is 5.32 Å². The second-order valence-corrected chi connectivity index (χ2v) is 2.46. The van der Waals surface area contributed by atoms with Gasteiger partial charge in [-0.2, -0.15) is 0 Å². The first-order chi connectivity index (χ1) is 3.79. The van der Waals surface area contributed by atoms with Gasteiger partial charge in [0.05, 0.1) is 0 Å². The van der Waals surface area contributed by atoms with Crippen molar-refractivity contribution in [3.63, 3.8) is 0 Å². The fourth-order valence-corrected chi connectivity index (χ4v) is 0.617. The van der Waals surface area contributed by atoms with Gasteiger partial charge in [0.15, 0.2) is 0 Å².